The largest absolute Gasteiger partial charge is 0.476 e. The van der Waals surface area contributed by atoms with Crippen molar-refractivity contribution in [3.05, 3.63) is 16.1 Å². The van der Waals surface area contributed by atoms with Crippen LogP contribution in [0.1, 0.15) is 47.2 Å². The van der Waals surface area contributed by atoms with E-state index < -0.39 is 5.97 Å². The molecular formula is C12H18N2O3S. The minimum absolute atomic E-state index is 0.0370. The van der Waals surface area contributed by atoms with Gasteiger partial charge in [0, 0.05) is 13.1 Å². The van der Waals surface area contributed by atoms with Crippen molar-refractivity contribution < 1.29 is 14.7 Å². The summed E-state index contributed by atoms with van der Waals surface area (Å²) in [7, 11) is 1.72. The second-order valence-electron chi connectivity index (χ2n) is 5.29. The maximum atomic E-state index is 12.2. The van der Waals surface area contributed by atoms with E-state index >= 15 is 0 Å². The number of rotatable bonds is 3. The zero-order valence-electron chi connectivity index (χ0n) is 11.2. The molecule has 0 aromatic carbocycles. The lowest BCUT2D eigenvalue weighted by atomic mass is 9.87. The molecule has 1 aromatic heterocycles. The number of carbonyl (C=O) groups is 2. The molecule has 1 aromatic rings. The maximum absolute atomic E-state index is 12.2. The fourth-order valence-corrected chi connectivity index (χ4v) is 2.14. The Morgan fingerprint density at radius 2 is 2.00 bits per heavy atom. The molecule has 0 radical (unpaired) electrons. The van der Waals surface area contributed by atoms with E-state index in [-0.39, 0.29) is 22.4 Å². The van der Waals surface area contributed by atoms with Crippen LogP contribution in [0, 0.1) is 5.41 Å². The summed E-state index contributed by atoms with van der Waals surface area (Å²) >= 11 is 0.904. The van der Waals surface area contributed by atoms with Crippen molar-refractivity contribution in [2.75, 3.05) is 7.05 Å². The van der Waals surface area contributed by atoms with Gasteiger partial charge in [-0.3, -0.25) is 4.79 Å². The summed E-state index contributed by atoms with van der Waals surface area (Å²) in [4.78, 5) is 28.6. The fourth-order valence-electron chi connectivity index (χ4n) is 1.40. The van der Waals surface area contributed by atoms with Crippen molar-refractivity contribution >= 4 is 23.2 Å². The molecule has 0 spiro atoms. The number of nitrogens with zero attached hydrogens (tertiary/aromatic N) is 2. The predicted molar refractivity (Wildman–Crippen MR) is 70.1 cm³/mol. The van der Waals surface area contributed by atoms with Gasteiger partial charge in [0.25, 0.3) is 5.91 Å². The maximum Gasteiger partial charge on any atom is 0.365 e. The van der Waals surface area contributed by atoms with E-state index in [4.69, 9.17) is 5.11 Å². The number of thiazole rings is 1. The Morgan fingerprint density at radius 3 is 2.39 bits per heavy atom. The number of carbonyl (C=O) groups excluding carboxylic acids is 1. The van der Waals surface area contributed by atoms with Crippen LogP contribution in [0.5, 0.6) is 0 Å². The first kappa shape index (κ1) is 14.6. The number of aromatic carboxylic acids is 1. The van der Waals surface area contributed by atoms with E-state index in [1.165, 1.54) is 6.20 Å². The molecule has 0 aliphatic heterocycles. The van der Waals surface area contributed by atoms with Gasteiger partial charge >= 0.3 is 5.97 Å². The molecule has 5 nitrogen and oxygen atoms in total. The number of hydrogen-bond acceptors (Lipinski definition) is 4. The summed E-state index contributed by atoms with van der Waals surface area (Å²) < 4.78 is 0. The Labute approximate surface area is 110 Å². The van der Waals surface area contributed by atoms with Gasteiger partial charge in [0.2, 0.25) is 5.01 Å². The van der Waals surface area contributed by atoms with Gasteiger partial charge in [-0.25, -0.2) is 9.78 Å². The molecule has 6 heteroatoms. The highest BCUT2D eigenvalue weighted by Gasteiger charge is 2.28. The summed E-state index contributed by atoms with van der Waals surface area (Å²) in [6.07, 6.45) is 1.32. The lowest BCUT2D eigenvalue weighted by Crippen LogP contribution is -2.42. The van der Waals surface area contributed by atoms with Crippen molar-refractivity contribution in [3.8, 4) is 0 Å². The van der Waals surface area contributed by atoms with Crippen LogP contribution in [0.15, 0.2) is 6.20 Å². The zero-order valence-corrected chi connectivity index (χ0v) is 12.0. The van der Waals surface area contributed by atoms with Crippen molar-refractivity contribution in [3.63, 3.8) is 0 Å². The second kappa shape index (κ2) is 5.06. The van der Waals surface area contributed by atoms with Gasteiger partial charge in [-0.1, -0.05) is 20.8 Å². The highest BCUT2D eigenvalue weighted by molar-refractivity contribution is 7.15. The molecule has 0 saturated heterocycles. The average molecular weight is 270 g/mol. The summed E-state index contributed by atoms with van der Waals surface area (Å²) in [5.41, 5.74) is -0.0370. The summed E-state index contributed by atoms with van der Waals surface area (Å²) in [5.74, 6) is -1.30. The molecule has 1 heterocycles. The fraction of sp³-hybridized carbons (Fsp3) is 0.583. The molecular weight excluding hydrogens is 252 g/mol. The Hall–Kier alpha value is -1.43. The topological polar surface area (TPSA) is 70.5 Å². The molecule has 0 aliphatic rings. The van der Waals surface area contributed by atoms with Crippen LogP contribution in [-0.4, -0.2) is 40.0 Å². The first-order valence-electron chi connectivity index (χ1n) is 5.61. The number of aromatic nitrogens is 1. The Balaban J connectivity index is 2.90. The average Bonchev–Trinajstić information content (AvgIpc) is 2.74. The second-order valence-corrected chi connectivity index (χ2v) is 6.32. The van der Waals surface area contributed by atoms with Crippen LogP contribution >= 0.6 is 11.3 Å². The van der Waals surface area contributed by atoms with Crippen molar-refractivity contribution in [2.45, 2.75) is 33.7 Å². The normalized spacial score (nSPS) is 13.2. The van der Waals surface area contributed by atoms with Crippen LogP contribution in [-0.2, 0) is 0 Å². The third kappa shape index (κ3) is 3.07. The van der Waals surface area contributed by atoms with E-state index in [2.05, 4.69) is 25.8 Å². The van der Waals surface area contributed by atoms with Crippen molar-refractivity contribution in [1.82, 2.24) is 9.88 Å². The predicted octanol–water partition coefficient (Wildman–Crippen LogP) is 2.35. The Kier molecular flexibility index (Phi) is 4.11. The summed E-state index contributed by atoms with van der Waals surface area (Å²) in [6.45, 7) is 8.13. The smallest absolute Gasteiger partial charge is 0.365 e. The number of hydrogen-bond donors (Lipinski definition) is 1. The molecule has 1 amide bonds. The minimum Gasteiger partial charge on any atom is -0.476 e. The SMILES string of the molecule is CC(N(C)C(=O)c1cnc(C(=O)O)s1)C(C)(C)C. The van der Waals surface area contributed by atoms with Gasteiger partial charge in [-0.05, 0) is 12.3 Å². The van der Waals surface area contributed by atoms with Crippen LogP contribution in [0.4, 0.5) is 0 Å². The minimum atomic E-state index is -1.11. The van der Waals surface area contributed by atoms with Crippen LogP contribution in [0.25, 0.3) is 0 Å². The molecule has 0 bridgehead atoms. The summed E-state index contributed by atoms with van der Waals surface area (Å²) in [6, 6.07) is 0.0420. The molecule has 1 unspecified atom stereocenters. The third-order valence-electron chi connectivity index (χ3n) is 3.05. The van der Waals surface area contributed by atoms with Gasteiger partial charge < -0.3 is 10.0 Å². The standard InChI is InChI=1S/C12H18N2O3S/c1-7(12(2,3)4)14(5)10(15)8-6-13-9(18-8)11(16)17/h6-7H,1-5H3,(H,16,17). The highest BCUT2D eigenvalue weighted by atomic mass is 32.1. The Bertz CT molecular complexity index is 462. The van der Waals surface area contributed by atoms with Crippen LogP contribution in [0.2, 0.25) is 0 Å². The quantitative estimate of drug-likeness (QED) is 0.915. The molecule has 18 heavy (non-hydrogen) atoms. The third-order valence-corrected chi connectivity index (χ3v) is 4.03. The lowest BCUT2D eigenvalue weighted by molar-refractivity contribution is 0.0633. The first-order chi connectivity index (χ1) is 8.14. The van der Waals surface area contributed by atoms with Gasteiger partial charge in [0.05, 0.1) is 6.20 Å². The molecule has 1 N–H and O–H groups in total. The van der Waals surface area contributed by atoms with E-state index in [0.29, 0.717) is 4.88 Å². The van der Waals surface area contributed by atoms with E-state index in [1.54, 1.807) is 11.9 Å². The molecule has 0 saturated carbocycles. The van der Waals surface area contributed by atoms with E-state index in [9.17, 15) is 9.59 Å². The molecule has 0 fully saturated rings. The van der Waals surface area contributed by atoms with Crippen LogP contribution < -0.4 is 0 Å². The van der Waals surface area contributed by atoms with Gasteiger partial charge in [0.15, 0.2) is 0 Å². The van der Waals surface area contributed by atoms with Gasteiger partial charge in [-0.2, -0.15) is 0 Å². The summed E-state index contributed by atoms with van der Waals surface area (Å²) in [5, 5.41) is 8.72. The first-order valence-corrected chi connectivity index (χ1v) is 6.42. The molecule has 1 atom stereocenters. The lowest BCUT2D eigenvalue weighted by Gasteiger charge is -2.35. The number of carboxylic acid groups (broad SMARTS) is 1. The van der Waals surface area contributed by atoms with Gasteiger partial charge in [-0.15, -0.1) is 11.3 Å². The zero-order chi connectivity index (χ0) is 14.1. The molecule has 1 rings (SSSR count). The molecule has 0 aliphatic carbocycles. The highest BCUT2D eigenvalue weighted by Crippen LogP contribution is 2.25. The van der Waals surface area contributed by atoms with E-state index in [0.717, 1.165) is 11.3 Å². The van der Waals surface area contributed by atoms with Crippen molar-refractivity contribution in [1.29, 1.82) is 0 Å². The Morgan fingerprint density at radius 1 is 1.44 bits per heavy atom. The van der Waals surface area contributed by atoms with Crippen molar-refractivity contribution in [2.24, 2.45) is 5.41 Å². The number of amides is 1. The number of carboxylic acids is 1. The van der Waals surface area contributed by atoms with Crippen LogP contribution in [0.3, 0.4) is 0 Å². The van der Waals surface area contributed by atoms with E-state index in [1.807, 2.05) is 6.92 Å². The monoisotopic (exact) mass is 270 g/mol. The van der Waals surface area contributed by atoms with Gasteiger partial charge in [0.1, 0.15) is 4.88 Å². The molecule has 100 valence electrons.